The van der Waals surface area contributed by atoms with Crippen molar-refractivity contribution in [1.29, 1.82) is 0 Å². The number of nitrogens with zero attached hydrogens (tertiary/aromatic N) is 1. The van der Waals surface area contributed by atoms with E-state index in [1.807, 2.05) is 72.8 Å². The standard InChI is InChI=1S/C31H20F3NO2/c32-31(33,34)25-15-11-21(12-16-25)27-19-20-28(22-13-17-26(18-14-22)35(36)37)30(27)29(23-7-3-1-4-8-23)24-9-5-2-6-10-24/h1-20H. The molecule has 0 N–H and O–H groups in total. The normalized spacial score (nSPS) is 13.2. The summed E-state index contributed by atoms with van der Waals surface area (Å²) in [4.78, 5) is 10.8. The quantitative estimate of drug-likeness (QED) is 0.206. The van der Waals surface area contributed by atoms with Crippen molar-refractivity contribution in [2.45, 2.75) is 6.18 Å². The van der Waals surface area contributed by atoms with Crippen molar-refractivity contribution < 1.29 is 18.1 Å². The SMILES string of the molecule is O=[N+]([O-])c1ccc(C2=CC=C(c3ccc(C(F)(F)F)cc3)C2=C(c2ccccc2)c2ccccc2)cc1. The minimum atomic E-state index is -4.43. The Kier molecular flexibility index (Phi) is 6.32. The molecule has 0 aromatic heterocycles. The van der Waals surface area contributed by atoms with Crippen LogP contribution < -0.4 is 0 Å². The summed E-state index contributed by atoms with van der Waals surface area (Å²) in [6.07, 6.45) is -0.626. The Labute approximate surface area is 211 Å². The van der Waals surface area contributed by atoms with E-state index in [-0.39, 0.29) is 5.69 Å². The summed E-state index contributed by atoms with van der Waals surface area (Å²) in [5.41, 5.74) is 5.90. The van der Waals surface area contributed by atoms with Crippen molar-refractivity contribution in [3.05, 3.63) is 165 Å². The van der Waals surface area contributed by atoms with Gasteiger partial charge < -0.3 is 0 Å². The molecule has 0 fully saturated rings. The Morgan fingerprint density at radius 3 is 1.46 bits per heavy atom. The van der Waals surface area contributed by atoms with Crippen LogP contribution >= 0.6 is 0 Å². The minimum Gasteiger partial charge on any atom is -0.258 e. The van der Waals surface area contributed by atoms with Gasteiger partial charge in [0, 0.05) is 12.1 Å². The Morgan fingerprint density at radius 2 is 1.05 bits per heavy atom. The third-order valence-electron chi connectivity index (χ3n) is 6.24. The highest BCUT2D eigenvalue weighted by Gasteiger charge is 2.31. The Hall–Kier alpha value is -4.71. The number of hydrogen-bond donors (Lipinski definition) is 0. The molecule has 182 valence electrons. The first-order valence-corrected chi connectivity index (χ1v) is 11.5. The first-order valence-electron chi connectivity index (χ1n) is 11.5. The zero-order valence-electron chi connectivity index (χ0n) is 19.4. The van der Waals surface area contributed by atoms with Gasteiger partial charge in [0.25, 0.3) is 5.69 Å². The molecule has 0 aliphatic heterocycles. The van der Waals surface area contributed by atoms with Crippen molar-refractivity contribution in [3.8, 4) is 0 Å². The second-order valence-corrected chi connectivity index (χ2v) is 8.52. The van der Waals surface area contributed by atoms with Crippen molar-refractivity contribution in [2.24, 2.45) is 0 Å². The Morgan fingerprint density at radius 1 is 0.622 bits per heavy atom. The summed E-state index contributed by atoms with van der Waals surface area (Å²) < 4.78 is 39.7. The molecular weight excluding hydrogens is 475 g/mol. The number of nitro groups is 1. The minimum absolute atomic E-state index is 0.0184. The average molecular weight is 496 g/mol. The molecule has 0 unspecified atom stereocenters. The van der Waals surface area contributed by atoms with Gasteiger partial charge >= 0.3 is 6.18 Å². The molecular formula is C31H20F3NO2. The second-order valence-electron chi connectivity index (χ2n) is 8.52. The molecule has 0 heterocycles. The maximum absolute atomic E-state index is 13.2. The number of nitro benzene ring substituents is 1. The van der Waals surface area contributed by atoms with Gasteiger partial charge in [-0.25, -0.2) is 0 Å². The monoisotopic (exact) mass is 495 g/mol. The van der Waals surface area contributed by atoms with Crippen LogP contribution in [0, 0.1) is 10.1 Å². The van der Waals surface area contributed by atoms with Crippen molar-refractivity contribution in [3.63, 3.8) is 0 Å². The molecule has 0 bridgehead atoms. The number of alkyl halides is 3. The average Bonchev–Trinajstić information content (AvgIpc) is 3.34. The maximum atomic E-state index is 13.2. The van der Waals surface area contributed by atoms with Crippen LogP contribution in [0.5, 0.6) is 0 Å². The van der Waals surface area contributed by atoms with Crippen molar-refractivity contribution in [1.82, 2.24) is 0 Å². The molecule has 1 aliphatic carbocycles. The highest BCUT2D eigenvalue weighted by Crippen LogP contribution is 2.46. The van der Waals surface area contributed by atoms with E-state index in [2.05, 4.69) is 0 Å². The van der Waals surface area contributed by atoms with Crippen LogP contribution in [0.1, 0.15) is 27.8 Å². The van der Waals surface area contributed by atoms with Gasteiger partial charge in [-0.1, -0.05) is 84.9 Å². The molecule has 4 aromatic rings. The summed E-state index contributed by atoms with van der Waals surface area (Å²) in [6, 6.07) is 31.0. The smallest absolute Gasteiger partial charge is 0.258 e. The van der Waals surface area contributed by atoms with Crippen LogP contribution in [-0.4, -0.2) is 4.92 Å². The van der Waals surface area contributed by atoms with Gasteiger partial charge in [-0.3, -0.25) is 10.1 Å². The molecule has 37 heavy (non-hydrogen) atoms. The number of halogens is 3. The fourth-order valence-corrected chi connectivity index (χ4v) is 4.50. The Bertz CT molecular complexity index is 1490. The molecule has 5 rings (SSSR count). The predicted molar refractivity (Wildman–Crippen MR) is 139 cm³/mol. The first-order chi connectivity index (χ1) is 17.8. The molecule has 0 spiro atoms. The highest BCUT2D eigenvalue weighted by atomic mass is 19.4. The largest absolute Gasteiger partial charge is 0.416 e. The molecule has 0 atom stereocenters. The van der Waals surface area contributed by atoms with Crippen LogP contribution in [0.2, 0.25) is 0 Å². The summed E-state index contributed by atoms with van der Waals surface area (Å²) >= 11 is 0. The van der Waals surface area contributed by atoms with E-state index < -0.39 is 16.7 Å². The van der Waals surface area contributed by atoms with E-state index >= 15 is 0 Å². The van der Waals surface area contributed by atoms with Gasteiger partial charge in [0.2, 0.25) is 0 Å². The third-order valence-corrected chi connectivity index (χ3v) is 6.24. The van der Waals surface area contributed by atoms with E-state index in [0.29, 0.717) is 5.56 Å². The predicted octanol–water partition coefficient (Wildman–Crippen LogP) is 8.60. The molecule has 3 nitrogen and oxygen atoms in total. The fraction of sp³-hybridized carbons (Fsp3) is 0.0323. The molecule has 0 radical (unpaired) electrons. The first kappa shape index (κ1) is 24.0. The van der Waals surface area contributed by atoms with E-state index in [9.17, 15) is 23.3 Å². The van der Waals surface area contributed by atoms with Crippen molar-refractivity contribution in [2.75, 3.05) is 0 Å². The van der Waals surface area contributed by atoms with Gasteiger partial charge in [0.05, 0.1) is 10.5 Å². The summed E-state index contributed by atoms with van der Waals surface area (Å²) in [6.45, 7) is 0. The summed E-state index contributed by atoms with van der Waals surface area (Å²) in [5.74, 6) is 0. The van der Waals surface area contributed by atoms with E-state index in [1.165, 1.54) is 24.3 Å². The molecule has 0 saturated carbocycles. The second kappa shape index (κ2) is 9.74. The van der Waals surface area contributed by atoms with Crippen molar-refractivity contribution >= 4 is 22.4 Å². The lowest BCUT2D eigenvalue weighted by Crippen LogP contribution is -2.04. The molecule has 0 amide bonds. The van der Waals surface area contributed by atoms with Gasteiger partial charge in [-0.05, 0) is 68.8 Å². The topological polar surface area (TPSA) is 43.1 Å². The Balaban J connectivity index is 1.74. The molecule has 1 aliphatic rings. The zero-order chi connectivity index (χ0) is 26.0. The van der Waals surface area contributed by atoms with E-state index in [0.717, 1.165) is 51.1 Å². The summed E-state index contributed by atoms with van der Waals surface area (Å²) in [7, 11) is 0. The third kappa shape index (κ3) is 4.86. The van der Waals surface area contributed by atoms with E-state index in [4.69, 9.17) is 0 Å². The molecule has 0 saturated heterocycles. The van der Waals surface area contributed by atoms with Crippen LogP contribution in [-0.2, 0) is 6.18 Å². The number of hydrogen-bond acceptors (Lipinski definition) is 2. The van der Waals surface area contributed by atoms with Crippen LogP contribution in [0.3, 0.4) is 0 Å². The van der Waals surface area contributed by atoms with Gasteiger partial charge in [0.1, 0.15) is 0 Å². The zero-order valence-corrected chi connectivity index (χ0v) is 19.4. The van der Waals surface area contributed by atoms with Crippen LogP contribution in [0.15, 0.2) is 127 Å². The molecule has 6 heteroatoms. The highest BCUT2D eigenvalue weighted by molar-refractivity contribution is 6.12. The lowest BCUT2D eigenvalue weighted by Gasteiger charge is -2.20. The number of benzene rings is 4. The van der Waals surface area contributed by atoms with Gasteiger partial charge in [-0.2, -0.15) is 13.2 Å². The maximum Gasteiger partial charge on any atom is 0.416 e. The van der Waals surface area contributed by atoms with E-state index in [1.54, 1.807) is 12.1 Å². The van der Waals surface area contributed by atoms with Crippen LogP contribution in [0.25, 0.3) is 16.7 Å². The number of rotatable bonds is 5. The lowest BCUT2D eigenvalue weighted by molar-refractivity contribution is -0.384. The summed E-state index contributed by atoms with van der Waals surface area (Å²) in [5, 5.41) is 11.2. The van der Waals surface area contributed by atoms with Gasteiger partial charge in [-0.15, -0.1) is 0 Å². The van der Waals surface area contributed by atoms with Crippen LogP contribution in [0.4, 0.5) is 18.9 Å². The lowest BCUT2D eigenvalue weighted by atomic mass is 9.83. The number of non-ortho nitro benzene ring substituents is 1. The number of allylic oxidation sites excluding steroid dienone is 5. The fourth-order valence-electron chi connectivity index (χ4n) is 4.50. The molecule has 4 aromatic carbocycles. The van der Waals surface area contributed by atoms with Gasteiger partial charge in [0.15, 0.2) is 0 Å².